The van der Waals surface area contributed by atoms with Gasteiger partial charge in [0.2, 0.25) is 0 Å². The lowest BCUT2D eigenvalue weighted by atomic mass is 10.2. The Morgan fingerprint density at radius 2 is 1.32 bits per heavy atom. The highest BCUT2D eigenvalue weighted by Gasteiger charge is 2.18. The first-order valence-corrected chi connectivity index (χ1v) is 6.32. The van der Waals surface area contributed by atoms with Crippen LogP contribution in [0.1, 0.15) is 27.7 Å². The summed E-state index contributed by atoms with van der Waals surface area (Å²) in [6.07, 6.45) is -0.523. The van der Waals surface area contributed by atoms with Crippen molar-refractivity contribution in [2.75, 3.05) is 27.1 Å². The van der Waals surface area contributed by atoms with Crippen molar-refractivity contribution in [2.24, 2.45) is 11.8 Å². The fraction of sp³-hybridized carbons (Fsp3) is 0.846. The molecule has 0 amide bonds. The Balaban J connectivity index is 4.15. The van der Waals surface area contributed by atoms with Crippen molar-refractivity contribution in [3.8, 4) is 0 Å². The molecule has 0 aromatic heterocycles. The van der Waals surface area contributed by atoms with E-state index in [0.717, 1.165) is 0 Å². The van der Waals surface area contributed by atoms with Gasteiger partial charge in [-0.1, -0.05) is 27.7 Å². The van der Waals surface area contributed by atoms with Crippen LogP contribution in [0, 0.1) is 11.8 Å². The molecule has 0 aliphatic carbocycles. The maximum absolute atomic E-state index is 11.4. The van der Waals surface area contributed by atoms with Crippen molar-refractivity contribution in [1.29, 1.82) is 0 Å². The number of hydrogen-bond donors (Lipinski definition) is 0. The molecule has 0 bridgehead atoms. The summed E-state index contributed by atoms with van der Waals surface area (Å²) in [5.74, 6) is -1.05. The van der Waals surface area contributed by atoms with Crippen molar-refractivity contribution in [3.05, 3.63) is 0 Å². The first-order chi connectivity index (χ1) is 8.88. The van der Waals surface area contributed by atoms with Crippen LogP contribution in [-0.4, -0.2) is 45.2 Å². The molecule has 0 aromatic carbocycles. The van der Waals surface area contributed by atoms with E-state index in [2.05, 4.69) is 0 Å². The van der Waals surface area contributed by atoms with Crippen molar-refractivity contribution in [3.63, 3.8) is 0 Å². The average molecular weight is 276 g/mol. The first-order valence-electron chi connectivity index (χ1n) is 6.32. The number of ether oxygens (including phenoxy) is 4. The van der Waals surface area contributed by atoms with E-state index in [1.165, 1.54) is 7.11 Å². The molecule has 0 aliphatic heterocycles. The Hall–Kier alpha value is -1.14. The third-order valence-electron chi connectivity index (χ3n) is 2.19. The molecular weight excluding hydrogens is 252 g/mol. The number of rotatable bonds is 9. The summed E-state index contributed by atoms with van der Waals surface area (Å²) in [7, 11) is 1.48. The lowest BCUT2D eigenvalue weighted by molar-refractivity contribution is -0.166. The molecule has 0 saturated carbocycles. The molecular formula is C13H24O6. The van der Waals surface area contributed by atoms with E-state index in [1.807, 2.05) is 0 Å². The zero-order valence-electron chi connectivity index (χ0n) is 12.3. The van der Waals surface area contributed by atoms with Crippen molar-refractivity contribution >= 4 is 11.9 Å². The number of methoxy groups -OCH3 is 1. The number of carbonyl (C=O) groups is 2. The second kappa shape index (κ2) is 9.75. The highest BCUT2D eigenvalue weighted by atomic mass is 16.7. The average Bonchev–Trinajstić information content (AvgIpc) is 2.36. The monoisotopic (exact) mass is 276 g/mol. The summed E-state index contributed by atoms with van der Waals surface area (Å²) in [6, 6.07) is 0. The lowest BCUT2D eigenvalue weighted by Gasteiger charge is -2.18. The number of carbonyl (C=O) groups excluding carboxylic acids is 2. The van der Waals surface area contributed by atoms with Gasteiger partial charge in [0.1, 0.15) is 26.1 Å². The van der Waals surface area contributed by atoms with Crippen molar-refractivity contribution in [1.82, 2.24) is 0 Å². The number of hydrogen-bond acceptors (Lipinski definition) is 6. The molecule has 0 aliphatic rings. The summed E-state index contributed by atoms with van der Waals surface area (Å²) in [4.78, 5) is 22.7. The molecule has 6 heteroatoms. The van der Waals surface area contributed by atoms with E-state index in [-0.39, 0.29) is 43.8 Å². The van der Waals surface area contributed by atoms with E-state index in [0.29, 0.717) is 0 Å². The van der Waals surface area contributed by atoms with Gasteiger partial charge in [-0.05, 0) is 0 Å². The van der Waals surface area contributed by atoms with Crippen LogP contribution < -0.4 is 0 Å². The van der Waals surface area contributed by atoms with Gasteiger partial charge in [-0.15, -0.1) is 0 Å². The van der Waals surface area contributed by atoms with E-state index >= 15 is 0 Å². The van der Waals surface area contributed by atoms with E-state index < -0.39 is 6.10 Å². The van der Waals surface area contributed by atoms with Gasteiger partial charge in [0.25, 0.3) is 0 Å². The highest BCUT2D eigenvalue weighted by Crippen LogP contribution is 2.03. The van der Waals surface area contributed by atoms with Crippen LogP contribution in [0.15, 0.2) is 0 Å². The molecule has 0 saturated heterocycles. The van der Waals surface area contributed by atoms with Crippen LogP contribution in [-0.2, 0) is 28.5 Å². The molecule has 0 N–H and O–H groups in total. The maximum atomic E-state index is 11.4. The standard InChI is InChI=1S/C13H24O6/c1-9(2)12(14)17-6-11(19-8-16-5)7-18-13(15)10(3)4/h9-11H,6-8H2,1-5H3. The van der Waals surface area contributed by atoms with Gasteiger partial charge in [0.05, 0.1) is 11.8 Å². The minimum absolute atomic E-state index is 0.0335. The predicted octanol–water partition coefficient (Wildman–Crippen LogP) is 1.37. The van der Waals surface area contributed by atoms with Crippen molar-refractivity contribution in [2.45, 2.75) is 33.8 Å². The summed E-state index contributed by atoms with van der Waals surface area (Å²) in [6.45, 7) is 7.08. The normalized spacial score (nSPS) is 11.2. The minimum Gasteiger partial charge on any atom is -0.463 e. The largest absolute Gasteiger partial charge is 0.463 e. The second-order valence-electron chi connectivity index (χ2n) is 4.76. The minimum atomic E-state index is -0.523. The molecule has 0 heterocycles. The fourth-order valence-electron chi connectivity index (χ4n) is 0.992. The summed E-state index contributed by atoms with van der Waals surface area (Å²) in [5.41, 5.74) is 0. The van der Waals surface area contributed by atoms with Crippen LogP contribution in [0.2, 0.25) is 0 Å². The molecule has 0 unspecified atom stereocenters. The van der Waals surface area contributed by atoms with Gasteiger partial charge in [-0.25, -0.2) is 0 Å². The van der Waals surface area contributed by atoms with Crippen LogP contribution in [0.3, 0.4) is 0 Å². The summed E-state index contributed by atoms with van der Waals surface area (Å²) < 4.78 is 20.1. The molecule has 0 radical (unpaired) electrons. The molecule has 112 valence electrons. The predicted molar refractivity (Wildman–Crippen MR) is 68.3 cm³/mol. The van der Waals surface area contributed by atoms with Crippen LogP contribution in [0.25, 0.3) is 0 Å². The maximum Gasteiger partial charge on any atom is 0.308 e. The Labute approximate surface area is 114 Å². The van der Waals surface area contributed by atoms with Gasteiger partial charge in [-0.2, -0.15) is 0 Å². The number of esters is 2. The molecule has 0 atom stereocenters. The van der Waals surface area contributed by atoms with Crippen molar-refractivity contribution < 1.29 is 28.5 Å². The quantitative estimate of drug-likeness (QED) is 0.468. The Morgan fingerprint density at radius 1 is 0.895 bits per heavy atom. The summed E-state index contributed by atoms with van der Waals surface area (Å²) >= 11 is 0. The highest BCUT2D eigenvalue weighted by molar-refractivity contribution is 5.72. The third kappa shape index (κ3) is 8.56. The fourth-order valence-corrected chi connectivity index (χ4v) is 0.992. The lowest BCUT2D eigenvalue weighted by Crippen LogP contribution is -2.30. The zero-order chi connectivity index (χ0) is 14.8. The smallest absolute Gasteiger partial charge is 0.308 e. The van der Waals surface area contributed by atoms with E-state index in [1.54, 1.807) is 27.7 Å². The topological polar surface area (TPSA) is 71.1 Å². The SMILES string of the molecule is COCOC(COC(=O)C(C)C)COC(=O)C(C)C. The van der Waals surface area contributed by atoms with E-state index in [4.69, 9.17) is 18.9 Å². The molecule has 19 heavy (non-hydrogen) atoms. The Kier molecular flexibility index (Phi) is 9.16. The van der Waals surface area contributed by atoms with Crippen LogP contribution in [0.5, 0.6) is 0 Å². The summed E-state index contributed by atoms with van der Waals surface area (Å²) in [5, 5.41) is 0. The van der Waals surface area contributed by atoms with Gasteiger partial charge in [0, 0.05) is 7.11 Å². The van der Waals surface area contributed by atoms with Gasteiger partial charge in [-0.3, -0.25) is 9.59 Å². The molecule has 6 nitrogen and oxygen atoms in total. The molecule has 0 rings (SSSR count). The molecule has 0 aromatic rings. The third-order valence-corrected chi connectivity index (χ3v) is 2.19. The molecule has 0 fully saturated rings. The van der Waals surface area contributed by atoms with Gasteiger partial charge < -0.3 is 18.9 Å². The Bertz CT molecular complexity index is 250. The van der Waals surface area contributed by atoms with Crippen LogP contribution in [0.4, 0.5) is 0 Å². The van der Waals surface area contributed by atoms with Crippen LogP contribution >= 0.6 is 0 Å². The molecule has 0 spiro atoms. The van der Waals surface area contributed by atoms with E-state index in [9.17, 15) is 9.59 Å². The zero-order valence-corrected chi connectivity index (χ0v) is 12.3. The van der Waals surface area contributed by atoms with Gasteiger partial charge >= 0.3 is 11.9 Å². The second-order valence-corrected chi connectivity index (χ2v) is 4.76. The first kappa shape index (κ1) is 17.9. The Morgan fingerprint density at radius 3 is 1.63 bits per heavy atom. The van der Waals surface area contributed by atoms with Gasteiger partial charge in [0.15, 0.2) is 0 Å².